The van der Waals surface area contributed by atoms with Crippen molar-refractivity contribution in [3.8, 4) is 0 Å². The van der Waals surface area contributed by atoms with Gasteiger partial charge in [-0.25, -0.2) is 9.97 Å². The number of halogens is 1. The van der Waals surface area contributed by atoms with E-state index in [0.29, 0.717) is 11.1 Å². The smallest absolute Gasteiger partial charge is 0.137 e. The lowest BCUT2D eigenvalue weighted by atomic mass is 9.82. The fraction of sp³-hybridized carbons (Fsp3) is 0.286. The van der Waals surface area contributed by atoms with Crippen LogP contribution in [0.4, 0.5) is 0 Å². The first-order valence-electron chi connectivity index (χ1n) is 5.91. The van der Waals surface area contributed by atoms with Crippen molar-refractivity contribution >= 4 is 11.6 Å². The highest BCUT2D eigenvalue weighted by Crippen LogP contribution is 2.34. The molecule has 1 atom stereocenters. The molecule has 0 bridgehead atoms. The van der Waals surface area contributed by atoms with Crippen molar-refractivity contribution < 1.29 is 0 Å². The maximum atomic E-state index is 5.94. The van der Waals surface area contributed by atoms with Crippen LogP contribution in [0.5, 0.6) is 0 Å². The zero-order chi connectivity index (χ0) is 11.7. The first-order chi connectivity index (χ1) is 8.34. The van der Waals surface area contributed by atoms with Gasteiger partial charge in [0.05, 0.1) is 0 Å². The van der Waals surface area contributed by atoms with Crippen LogP contribution >= 0.6 is 11.6 Å². The molecule has 0 radical (unpaired) electrons. The second-order valence-corrected chi connectivity index (χ2v) is 4.77. The van der Waals surface area contributed by atoms with Crippen LogP contribution in [-0.2, 0) is 6.42 Å². The highest BCUT2D eigenvalue weighted by atomic mass is 35.5. The second kappa shape index (κ2) is 4.46. The van der Waals surface area contributed by atoms with Gasteiger partial charge in [0, 0.05) is 12.1 Å². The molecule has 0 spiro atoms. The van der Waals surface area contributed by atoms with E-state index in [4.69, 9.17) is 11.6 Å². The monoisotopic (exact) mass is 244 g/mol. The number of fused-ring (bicyclic) bond motifs is 1. The van der Waals surface area contributed by atoms with Gasteiger partial charge in [-0.3, -0.25) is 0 Å². The van der Waals surface area contributed by atoms with Crippen LogP contribution in [0.3, 0.4) is 0 Å². The van der Waals surface area contributed by atoms with Gasteiger partial charge >= 0.3 is 0 Å². The molecule has 2 aromatic rings. The summed E-state index contributed by atoms with van der Waals surface area (Å²) in [6.45, 7) is 0. The van der Waals surface area contributed by atoms with Crippen molar-refractivity contribution in [3.05, 3.63) is 58.6 Å². The molecule has 1 aliphatic carbocycles. The standard InChI is InChI=1S/C14H13ClN2/c15-13-8-9-16-14(17-13)12-7-3-5-10-4-1-2-6-11(10)12/h1-2,4,6,8-9,12H,3,5,7H2. The largest absolute Gasteiger partial charge is 0.241 e. The van der Waals surface area contributed by atoms with Crippen LogP contribution in [0, 0.1) is 0 Å². The van der Waals surface area contributed by atoms with Crippen LogP contribution in [0.15, 0.2) is 36.5 Å². The average molecular weight is 245 g/mol. The van der Waals surface area contributed by atoms with Gasteiger partial charge in [0.2, 0.25) is 0 Å². The zero-order valence-electron chi connectivity index (χ0n) is 9.44. The molecule has 86 valence electrons. The molecule has 0 saturated heterocycles. The summed E-state index contributed by atoms with van der Waals surface area (Å²) in [6, 6.07) is 10.3. The molecule has 2 nitrogen and oxygen atoms in total. The van der Waals surface area contributed by atoms with E-state index in [1.165, 1.54) is 17.5 Å². The fourth-order valence-electron chi connectivity index (χ4n) is 2.54. The van der Waals surface area contributed by atoms with E-state index in [2.05, 4.69) is 34.2 Å². The normalized spacial score (nSPS) is 18.8. The summed E-state index contributed by atoms with van der Waals surface area (Å²) >= 11 is 5.94. The Morgan fingerprint density at radius 3 is 2.94 bits per heavy atom. The van der Waals surface area contributed by atoms with Crippen LogP contribution < -0.4 is 0 Å². The molecule has 17 heavy (non-hydrogen) atoms. The third kappa shape index (κ3) is 2.05. The summed E-state index contributed by atoms with van der Waals surface area (Å²) in [5.74, 6) is 1.16. The van der Waals surface area contributed by atoms with Gasteiger partial charge in [-0.05, 0) is 36.5 Å². The van der Waals surface area contributed by atoms with Gasteiger partial charge in [0.1, 0.15) is 11.0 Å². The average Bonchev–Trinajstić information content (AvgIpc) is 2.38. The number of nitrogens with zero attached hydrogens (tertiary/aromatic N) is 2. The minimum Gasteiger partial charge on any atom is -0.241 e. The third-order valence-electron chi connectivity index (χ3n) is 3.32. The Bertz CT molecular complexity index is 539. The Hall–Kier alpha value is -1.41. The van der Waals surface area contributed by atoms with Gasteiger partial charge in [-0.2, -0.15) is 0 Å². The highest BCUT2D eigenvalue weighted by molar-refractivity contribution is 6.29. The molecule has 0 saturated carbocycles. The quantitative estimate of drug-likeness (QED) is 0.717. The van der Waals surface area contributed by atoms with Gasteiger partial charge in [-0.1, -0.05) is 35.9 Å². The van der Waals surface area contributed by atoms with E-state index < -0.39 is 0 Å². The molecule has 1 aliphatic rings. The predicted octanol–water partition coefficient (Wildman–Crippen LogP) is 3.60. The molecule has 0 N–H and O–H groups in total. The lowest BCUT2D eigenvalue weighted by molar-refractivity contribution is 0.590. The van der Waals surface area contributed by atoms with Crippen LogP contribution in [0.1, 0.15) is 35.7 Å². The number of aryl methyl sites for hydroxylation is 1. The minimum atomic E-state index is 0.304. The highest BCUT2D eigenvalue weighted by Gasteiger charge is 2.23. The molecule has 0 aliphatic heterocycles. The lowest BCUT2D eigenvalue weighted by Crippen LogP contribution is -2.13. The summed E-state index contributed by atoms with van der Waals surface area (Å²) in [5.41, 5.74) is 2.79. The van der Waals surface area contributed by atoms with Gasteiger partial charge in [0.25, 0.3) is 0 Å². The molecule has 1 heterocycles. The van der Waals surface area contributed by atoms with Crippen molar-refractivity contribution in [1.82, 2.24) is 9.97 Å². The van der Waals surface area contributed by atoms with Gasteiger partial charge < -0.3 is 0 Å². The number of rotatable bonds is 1. The Labute approximate surface area is 106 Å². The molecular formula is C14H13ClN2. The van der Waals surface area contributed by atoms with E-state index in [0.717, 1.165) is 18.7 Å². The van der Waals surface area contributed by atoms with Crippen LogP contribution in [0.25, 0.3) is 0 Å². The third-order valence-corrected chi connectivity index (χ3v) is 3.53. The van der Waals surface area contributed by atoms with Crippen molar-refractivity contribution in [1.29, 1.82) is 0 Å². The van der Waals surface area contributed by atoms with Crippen molar-refractivity contribution in [3.63, 3.8) is 0 Å². The summed E-state index contributed by atoms with van der Waals surface area (Å²) in [5, 5.41) is 0.526. The first kappa shape index (κ1) is 10.7. The van der Waals surface area contributed by atoms with Gasteiger partial charge in [0.15, 0.2) is 0 Å². The summed E-state index contributed by atoms with van der Waals surface area (Å²) < 4.78 is 0. The number of aromatic nitrogens is 2. The van der Waals surface area contributed by atoms with Crippen LogP contribution in [0.2, 0.25) is 5.15 Å². The van der Waals surface area contributed by atoms with Gasteiger partial charge in [-0.15, -0.1) is 0 Å². The van der Waals surface area contributed by atoms with E-state index in [-0.39, 0.29) is 0 Å². The molecule has 1 unspecified atom stereocenters. The molecule has 1 aromatic heterocycles. The fourth-order valence-corrected chi connectivity index (χ4v) is 2.68. The maximum absolute atomic E-state index is 5.94. The Kier molecular flexibility index (Phi) is 2.81. The summed E-state index contributed by atoms with van der Waals surface area (Å²) in [7, 11) is 0. The Balaban J connectivity index is 2.06. The minimum absolute atomic E-state index is 0.304. The summed E-state index contributed by atoms with van der Waals surface area (Å²) in [6.07, 6.45) is 5.20. The Morgan fingerprint density at radius 1 is 1.18 bits per heavy atom. The Morgan fingerprint density at radius 2 is 2.06 bits per heavy atom. The topological polar surface area (TPSA) is 25.8 Å². The lowest BCUT2D eigenvalue weighted by Gasteiger charge is -2.24. The van der Waals surface area contributed by atoms with Crippen LogP contribution in [-0.4, -0.2) is 9.97 Å². The zero-order valence-corrected chi connectivity index (χ0v) is 10.2. The van der Waals surface area contributed by atoms with Crippen molar-refractivity contribution in [2.24, 2.45) is 0 Å². The van der Waals surface area contributed by atoms with E-state index >= 15 is 0 Å². The number of benzene rings is 1. The molecule has 0 fully saturated rings. The molecule has 3 heteroatoms. The van der Waals surface area contributed by atoms with E-state index in [1.54, 1.807) is 12.3 Å². The van der Waals surface area contributed by atoms with Crippen molar-refractivity contribution in [2.45, 2.75) is 25.2 Å². The maximum Gasteiger partial charge on any atom is 0.137 e. The number of hydrogen-bond acceptors (Lipinski definition) is 2. The summed E-state index contributed by atoms with van der Waals surface area (Å²) in [4.78, 5) is 8.72. The second-order valence-electron chi connectivity index (χ2n) is 4.38. The predicted molar refractivity (Wildman–Crippen MR) is 68.3 cm³/mol. The molecule has 0 amide bonds. The van der Waals surface area contributed by atoms with Crippen molar-refractivity contribution in [2.75, 3.05) is 0 Å². The van der Waals surface area contributed by atoms with E-state index in [1.807, 2.05) is 0 Å². The SMILES string of the molecule is Clc1ccnc(C2CCCc3ccccc32)n1. The molecule has 1 aromatic carbocycles. The first-order valence-corrected chi connectivity index (χ1v) is 6.28. The molecule has 3 rings (SSSR count). The number of hydrogen-bond donors (Lipinski definition) is 0. The van der Waals surface area contributed by atoms with E-state index in [9.17, 15) is 0 Å². The molecular weight excluding hydrogens is 232 g/mol.